The fourth-order valence-corrected chi connectivity index (χ4v) is 3.41. The summed E-state index contributed by atoms with van der Waals surface area (Å²) in [6.45, 7) is 3.89. The van der Waals surface area contributed by atoms with Gasteiger partial charge in [-0.3, -0.25) is 9.69 Å². The minimum atomic E-state index is -0.107. The Morgan fingerprint density at radius 2 is 1.81 bits per heavy atom. The first-order valence-corrected chi connectivity index (χ1v) is 9.30. The average Bonchev–Trinajstić information content (AvgIpc) is 3.31. The summed E-state index contributed by atoms with van der Waals surface area (Å²) in [6, 6.07) is 12.9. The lowest BCUT2D eigenvalue weighted by Gasteiger charge is -2.15. The molecule has 2 aromatic rings. The number of rotatable bonds is 6. The molecule has 5 heteroatoms. The molecule has 0 radical (unpaired) electrons. The van der Waals surface area contributed by atoms with Crippen LogP contribution in [0.5, 0.6) is 17.2 Å². The summed E-state index contributed by atoms with van der Waals surface area (Å²) in [6.07, 6.45) is 4.30. The van der Waals surface area contributed by atoms with E-state index in [2.05, 4.69) is 4.90 Å². The molecule has 0 spiro atoms. The Bertz CT molecular complexity index is 851. The molecule has 2 heterocycles. The van der Waals surface area contributed by atoms with Crippen LogP contribution in [-0.4, -0.2) is 44.0 Å². The van der Waals surface area contributed by atoms with Gasteiger partial charge in [0.1, 0.15) is 23.9 Å². The molecule has 2 aliphatic heterocycles. The van der Waals surface area contributed by atoms with E-state index in [1.165, 1.54) is 12.8 Å². The lowest BCUT2D eigenvalue weighted by Crippen LogP contribution is -2.25. The van der Waals surface area contributed by atoms with Crippen molar-refractivity contribution < 1.29 is 19.0 Å². The van der Waals surface area contributed by atoms with Gasteiger partial charge in [0, 0.05) is 12.6 Å². The molecular formula is C22H23NO4. The highest BCUT2D eigenvalue weighted by atomic mass is 16.5. The molecule has 0 aromatic heterocycles. The maximum absolute atomic E-state index is 12.6. The number of carbonyl (C=O) groups is 1. The van der Waals surface area contributed by atoms with Crippen LogP contribution in [0.1, 0.15) is 28.8 Å². The molecule has 5 nitrogen and oxygen atoms in total. The van der Waals surface area contributed by atoms with Crippen LogP contribution in [0.3, 0.4) is 0 Å². The van der Waals surface area contributed by atoms with Crippen LogP contribution in [0, 0.1) is 0 Å². The van der Waals surface area contributed by atoms with Crippen LogP contribution in [0.4, 0.5) is 0 Å². The Hall–Kier alpha value is -2.79. The predicted molar refractivity (Wildman–Crippen MR) is 104 cm³/mol. The summed E-state index contributed by atoms with van der Waals surface area (Å²) in [5.74, 6) is 2.27. The van der Waals surface area contributed by atoms with Crippen molar-refractivity contribution in [1.29, 1.82) is 0 Å². The molecule has 0 saturated carbocycles. The van der Waals surface area contributed by atoms with Gasteiger partial charge in [0.25, 0.3) is 0 Å². The van der Waals surface area contributed by atoms with Gasteiger partial charge >= 0.3 is 0 Å². The van der Waals surface area contributed by atoms with Gasteiger partial charge in [-0.15, -0.1) is 0 Å². The molecule has 0 aliphatic carbocycles. The lowest BCUT2D eigenvalue weighted by molar-refractivity contribution is 0.101. The molecule has 0 unspecified atom stereocenters. The van der Waals surface area contributed by atoms with Crippen molar-refractivity contribution in [3.8, 4) is 17.2 Å². The van der Waals surface area contributed by atoms with Crippen molar-refractivity contribution in [3.63, 3.8) is 0 Å². The summed E-state index contributed by atoms with van der Waals surface area (Å²) < 4.78 is 16.8. The van der Waals surface area contributed by atoms with E-state index in [1.54, 1.807) is 25.3 Å². The fourth-order valence-electron chi connectivity index (χ4n) is 3.41. The third-order valence-corrected chi connectivity index (χ3v) is 4.93. The van der Waals surface area contributed by atoms with Gasteiger partial charge in [-0.1, -0.05) is 12.1 Å². The second-order valence-corrected chi connectivity index (χ2v) is 6.77. The number of Topliss-reactive ketones (excluding diaryl/α,β-unsaturated/α-hetero) is 1. The monoisotopic (exact) mass is 365 g/mol. The zero-order valence-corrected chi connectivity index (χ0v) is 15.4. The molecule has 0 N–H and O–H groups in total. The van der Waals surface area contributed by atoms with E-state index in [1.807, 2.05) is 30.3 Å². The van der Waals surface area contributed by atoms with Crippen molar-refractivity contribution in [3.05, 3.63) is 59.4 Å². The quantitative estimate of drug-likeness (QED) is 0.729. The van der Waals surface area contributed by atoms with Gasteiger partial charge in [0.2, 0.25) is 5.78 Å². The number of hydrogen-bond acceptors (Lipinski definition) is 5. The van der Waals surface area contributed by atoms with E-state index in [-0.39, 0.29) is 5.78 Å². The molecular weight excluding hydrogens is 342 g/mol. The zero-order valence-electron chi connectivity index (χ0n) is 15.4. The molecule has 2 aliphatic rings. The highest BCUT2D eigenvalue weighted by Gasteiger charge is 2.27. The van der Waals surface area contributed by atoms with E-state index in [0.717, 1.165) is 36.7 Å². The van der Waals surface area contributed by atoms with Crippen molar-refractivity contribution in [2.24, 2.45) is 0 Å². The summed E-state index contributed by atoms with van der Waals surface area (Å²) >= 11 is 0. The van der Waals surface area contributed by atoms with Crippen molar-refractivity contribution in [2.45, 2.75) is 12.8 Å². The molecule has 0 atom stereocenters. The normalized spacial score (nSPS) is 17.8. The smallest absolute Gasteiger partial charge is 0.231 e. The van der Waals surface area contributed by atoms with Crippen LogP contribution in [0.25, 0.3) is 6.08 Å². The van der Waals surface area contributed by atoms with Crippen LogP contribution in [0.15, 0.2) is 48.2 Å². The van der Waals surface area contributed by atoms with Gasteiger partial charge in [-0.05, 0) is 61.8 Å². The molecule has 0 amide bonds. The van der Waals surface area contributed by atoms with Gasteiger partial charge in [-0.25, -0.2) is 0 Å². The number of fused-ring (bicyclic) bond motifs is 1. The highest BCUT2D eigenvalue weighted by molar-refractivity contribution is 6.14. The van der Waals surface area contributed by atoms with Gasteiger partial charge in [0.05, 0.1) is 12.7 Å². The number of benzene rings is 2. The number of ether oxygens (including phenoxy) is 3. The van der Waals surface area contributed by atoms with E-state index < -0.39 is 0 Å². The summed E-state index contributed by atoms with van der Waals surface area (Å²) in [4.78, 5) is 15.0. The molecule has 2 aromatic carbocycles. The van der Waals surface area contributed by atoms with Crippen LogP contribution in [0.2, 0.25) is 0 Å². The minimum absolute atomic E-state index is 0.107. The third-order valence-electron chi connectivity index (χ3n) is 4.93. The van der Waals surface area contributed by atoms with Crippen LogP contribution >= 0.6 is 0 Å². The summed E-state index contributed by atoms with van der Waals surface area (Å²) in [5.41, 5.74) is 1.45. The standard InChI is InChI=1S/C22H23NO4/c1-25-17-6-4-16(5-7-17)14-21-22(24)19-9-8-18(15-20(19)27-21)26-13-12-23-10-2-3-11-23/h4-9,14-15H,2-3,10-13H2,1H3/b21-14+. The third kappa shape index (κ3) is 3.98. The van der Waals surface area contributed by atoms with E-state index >= 15 is 0 Å². The number of allylic oxidation sites excluding steroid dienone is 1. The Kier molecular flexibility index (Phi) is 5.12. The first-order valence-electron chi connectivity index (χ1n) is 9.30. The number of hydrogen-bond donors (Lipinski definition) is 0. The van der Waals surface area contributed by atoms with Crippen molar-refractivity contribution >= 4 is 11.9 Å². The van der Waals surface area contributed by atoms with Crippen LogP contribution in [-0.2, 0) is 0 Å². The minimum Gasteiger partial charge on any atom is -0.497 e. The average molecular weight is 365 g/mol. The largest absolute Gasteiger partial charge is 0.497 e. The highest BCUT2D eigenvalue weighted by Crippen LogP contribution is 2.35. The second kappa shape index (κ2) is 7.84. The zero-order chi connectivity index (χ0) is 18.6. The van der Waals surface area contributed by atoms with Gasteiger partial charge in [-0.2, -0.15) is 0 Å². The first kappa shape index (κ1) is 17.6. The van der Waals surface area contributed by atoms with E-state index in [4.69, 9.17) is 14.2 Å². The number of carbonyl (C=O) groups excluding carboxylic acids is 1. The molecule has 1 fully saturated rings. The summed E-state index contributed by atoms with van der Waals surface area (Å²) in [7, 11) is 1.62. The Morgan fingerprint density at radius 1 is 1.07 bits per heavy atom. The Labute approximate surface area is 159 Å². The maximum Gasteiger partial charge on any atom is 0.231 e. The number of methoxy groups -OCH3 is 1. The van der Waals surface area contributed by atoms with Crippen molar-refractivity contribution in [1.82, 2.24) is 4.90 Å². The van der Waals surface area contributed by atoms with Gasteiger partial charge < -0.3 is 14.2 Å². The number of ketones is 1. The number of likely N-dealkylation sites (tertiary alicyclic amines) is 1. The molecule has 4 rings (SSSR count). The van der Waals surface area contributed by atoms with Gasteiger partial charge in [0.15, 0.2) is 5.76 Å². The first-order chi connectivity index (χ1) is 13.2. The number of nitrogens with zero attached hydrogens (tertiary/aromatic N) is 1. The Balaban J connectivity index is 1.42. The summed E-state index contributed by atoms with van der Waals surface area (Å²) in [5, 5.41) is 0. The lowest BCUT2D eigenvalue weighted by atomic mass is 10.1. The molecule has 0 bridgehead atoms. The maximum atomic E-state index is 12.6. The molecule has 1 saturated heterocycles. The van der Waals surface area contributed by atoms with E-state index in [9.17, 15) is 4.79 Å². The topological polar surface area (TPSA) is 48.0 Å². The SMILES string of the molecule is COc1ccc(/C=C2/Oc3cc(OCCN4CCCC4)ccc3C2=O)cc1. The molecule has 140 valence electrons. The van der Waals surface area contributed by atoms with Crippen LogP contribution < -0.4 is 14.2 Å². The second-order valence-electron chi connectivity index (χ2n) is 6.77. The molecule has 27 heavy (non-hydrogen) atoms. The fraction of sp³-hybridized carbons (Fsp3) is 0.318. The Morgan fingerprint density at radius 3 is 2.56 bits per heavy atom. The predicted octanol–water partition coefficient (Wildman–Crippen LogP) is 3.79. The van der Waals surface area contributed by atoms with Crippen molar-refractivity contribution in [2.75, 3.05) is 33.4 Å². The van der Waals surface area contributed by atoms with E-state index in [0.29, 0.717) is 23.7 Å².